The Kier molecular flexibility index (Phi) is 5.83. The van der Waals surface area contributed by atoms with Crippen molar-refractivity contribution in [3.63, 3.8) is 0 Å². The Morgan fingerprint density at radius 2 is 1.64 bits per heavy atom. The van der Waals surface area contributed by atoms with Crippen molar-refractivity contribution in [1.29, 1.82) is 0 Å². The van der Waals surface area contributed by atoms with Crippen LogP contribution in [0.25, 0.3) is 0 Å². The highest BCUT2D eigenvalue weighted by Crippen LogP contribution is 2.43. The van der Waals surface area contributed by atoms with E-state index in [1.54, 1.807) is 11.9 Å². The van der Waals surface area contributed by atoms with Crippen LogP contribution >= 0.6 is 11.9 Å². The first-order valence-electron chi connectivity index (χ1n) is 8.82. The summed E-state index contributed by atoms with van der Waals surface area (Å²) in [5, 5.41) is 0. The maximum absolute atomic E-state index is 3.30. The topological polar surface area (TPSA) is 15.3 Å². The minimum Gasteiger partial charge on any atom is -0.299 e. The molecule has 1 aromatic carbocycles. The van der Waals surface area contributed by atoms with E-state index in [2.05, 4.69) is 47.1 Å². The third-order valence-electron chi connectivity index (χ3n) is 5.59. The zero-order valence-electron chi connectivity index (χ0n) is 14.1. The van der Waals surface area contributed by atoms with E-state index in [9.17, 15) is 0 Å². The van der Waals surface area contributed by atoms with Crippen LogP contribution in [0, 0.1) is 17.8 Å². The molecule has 0 amide bonds. The quantitative estimate of drug-likeness (QED) is 0.754. The zero-order chi connectivity index (χ0) is 15.4. The van der Waals surface area contributed by atoms with Gasteiger partial charge in [0, 0.05) is 13.1 Å². The fraction of sp³-hybridized carbons (Fsp3) is 0.684. The molecule has 3 heteroatoms. The van der Waals surface area contributed by atoms with Crippen molar-refractivity contribution < 1.29 is 0 Å². The van der Waals surface area contributed by atoms with Crippen LogP contribution in [0.1, 0.15) is 43.7 Å². The third-order valence-corrected chi connectivity index (χ3v) is 6.02. The van der Waals surface area contributed by atoms with E-state index < -0.39 is 0 Å². The molecule has 1 aliphatic heterocycles. The van der Waals surface area contributed by atoms with Gasteiger partial charge in [0.2, 0.25) is 0 Å². The summed E-state index contributed by atoms with van der Waals surface area (Å²) in [6.45, 7) is 7.15. The van der Waals surface area contributed by atoms with E-state index in [1.165, 1.54) is 49.9 Å². The van der Waals surface area contributed by atoms with Crippen molar-refractivity contribution in [3.8, 4) is 0 Å². The van der Waals surface area contributed by atoms with Crippen LogP contribution in [0.3, 0.4) is 0 Å². The smallest absolute Gasteiger partial charge is 0.0309 e. The summed E-state index contributed by atoms with van der Waals surface area (Å²) in [5.41, 5.74) is 2.83. The normalized spacial score (nSPS) is 21.9. The molecule has 2 aliphatic rings. The summed E-state index contributed by atoms with van der Waals surface area (Å²) in [6.07, 6.45) is 7.89. The molecular formula is C19H30N2S. The number of benzene rings is 1. The fourth-order valence-electron chi connectivity index (χ4n) is 3.82. The molecule has 1 heterocycles. The number of hydrogen-bond donors (Lipinski definition) is 1. The Bertz CT molecular complexity index is 447. The average Bonchev–Trinajstić information content (AvgIpc) is 3.39. The van der Waals surface area contributed by atoms with Crippen molar-refractivity contribution in [2.45, 2.75) is 45.7 Å². The van der Waals surface area contributed by atoms with Crippen LogP contribution in [0.5, 0.6) is 0 Å². The minimum absolute atomic E-state index is 0.950. The highest BCUT2D eigenvalue weighted by molar-refractivity contribution is 7.96. The first kappa shape index (κ1) is 16.4. The van der Waals surface area contributed by atoms with Crippen LogP contribution in [-0.4, -0.2) is 24.2 Å². The summed E-state index contributed by atoms with van der Waals surface area (Å²) >= 11 is 1.68. The second-order valence-corrected chi connectivity index (χ2v) is 7.85. The van der Waals surface area contributed by atoms with Crippen molar-refractivity contribution in [1.82, 2.24) is 9.62 Å². The number of nitrogens with zero attached hydrogens (tertiary/aromatic N) is 1. The van der Waals surface area contributed by atoms with Gasteiger partial charge in [-0.15, -0.1) is 0 Å². The van der Waals surface area contributed by atoms with E-state index in [1.807, 2.05) is 0 Å². The molecule has 1 aliphatic carbocycles. The number of piperidine rings is 1. The predicted molar refractivity (Wildman–Crippen MR) is 96.7 cm³/mol. The molecule has 22 heavy (non-hydrogen) atoms. The van der Waals surface area contributed by atoms with Crippen molar-refractivity contribution in [2.75, 3.05) is 19.3 Å². The summed E-state index contributed by atoms with van der Waals surface area (Å²) in [4.78, 5) is 2.64. The predicted octanol–water partition coefficient (Wildman–Crippen LogP) is 4.31. The molecule has 1 aromatic rings. The highest BCUT2D eigenvalue weighted by atomic mass is 32.2. The number of likely N-dealkylation sites (tertiary alicyclic amines) is 1. The molecular weight excluding hydrogens is 288 g/mol. The van der Waals surface area contributed by atoms with Crippen molar-refractivity contribution in [2.24, 2.45) is 17.8 Å². The molecule has 2 fully saturated rings. The largest absolute Gasteiger partial charge is 0.299 e. The van der Waals surface area contributed by atoms with Crippen LogP contribution in [0.2, 0.25) is 0 Å². The van der Waals surface area contributed by atoms with Gasteiger partial charge in [-0.2, -0.15) is 0 Å². The third kappa shape index (κ3) is 4.50. The van der Waals surface area contributed by atoms with Crippen LogP contribution < -0.4 is 4.72 Å². The monoisotopic (exact) mass is 318 g/mol. The molecule has 0 radical (unpaired) electrons. The Morgan fingerprint density at radius 3 is 2.23 bits per heavy atom. The SMILES string of the molecule is CSNCc1ccc(CN2CCC(C(C)C3CC3)CC2)cc1. The van der Waals surface area contributed by atoms with Gasteiger partial charge in [-0.05, 0) is 73.9 Å². The second-order valence-electron chi connectivity index (χ2n) is 7.15. The lowest BCUT2D eigenvalue weighted by Crippen LogP contribution is -2.35. The molecule has 0 aromatic heterocycles. The number of hydrogen-bond acceptors (Lipinski definition) is 3. The first-order chi connectivity index (χ1) is 10.8. The van der Waals surface area contributed by atoms with Gasteiger partial charge >= 0.3 is 0 Å². The van der Waals surface area contributed by atoms with Crippen LogP contribution in [0.15, 0.2) is 24.3 Å². The molecule has 1 unspecified atom stereocenters. The van der Waals surface area contributed by atoms with E-state index in [-0.39, 0.29) is 0 Å². The summed E-state index contributed by atoms with van der Waals surface area (Å²) in [7, 11) is 0. The number of rotatable bonds is 7. The van der Waals surface area contributed by atoms with Gasteiger partial charge in [-0.1, -0.05) is 43.1 Å². The summed E-state index contributed by atoms with van der Waals surface area (Å²) in [5.74, 6) is 3.04. The van der Waals surface area contributed by atoms with Gasteiger partial charge in [0.1, 0.15) is 0 Å². The Morgan fingerprint density at radius 1 is 1.05 bits per heavy atom. The van der Waals surface area contributed by atoms with Crippen LogP contribution in [-0.2, 0) is 13.1 Å². The van der Waals surface area contributed by atoms with Gasteiger partial charge < -0.3 is 0 Å². The molecule has 2 nitrogen and oxygen atoms in total. The molecule has 0 spiro atoms. The maximum atomic E-state index is 3.30. The van der Waals surface area contributed by atoms with E-state index in [4.69, 9.17) is 0 Å². The molecule has 0 bridgehead atoms. The lowest BCUT2D eigenvalue weighted by atomic mass is 9.82. The zero-order valence-corrected chi connectivity index (χ0v) is 14.9. The van der Waals surface area contributed by atoms with Gasteiger partial charge in [-0.25, -0.2) is 0 Å². The van der Waals surface area contributed by atoms with E-state index in [0.717, 1.165) is 30.8 Å². The van der Waals surface area contributed by atoms with E-state index >= 15 is 0 Å². The summed E-state index contributed by atoms with van der Waals surface area (Å²) in [6, 6.07) is 9.13. The molecule has 3 rings (SSSR count). The second kappa shape index (κ2) is 7.85. The van der Waals surface area contributed by atoms with Gasteiger partial charge in [0.25, 0.3) is 0 Å². The van der Waals surface area contributed by atoms with Crippen molar-refractivity contribution in [3.05, 3.63) is 35.4 Å². The average molecular weight is 319 g/mol. The maximum Gasteiger partial charge on any atom is 0.0309 e. The van der Waals surface area contributed by atoms with Gasteiger partial charge in [-0.3, -0.25) is 9.62 Å². The first-order valence-corrected chi connectivity index (χ1v) is 10.0. The lowest BCUT2D eigenvalue weighted by Gasteiger charge is -2.35. The standard InChI is InChI=1S/C19H30N2S/c1-15(18-7-8-18)19-9-11-21(12-10-19)14-17-5-3-16(4-6-17)13-20-22-2/h3-6,15,18-20H,7-14H2,1-2H3. The van der Waals surface area contributed by atoms with Gasteiger partial charge in [0.05, 0.1) is 0 Å². The van der Waals surface area contributed by atoms with Crippen LogP contribution in [0.4, 0.5) is 0 Å². The molecule has 1 saturated heterocycles. The fourth-order valence-corrected chi connectivity index (χ4v) is 4.13. The Balaban J connectivity index is 1.44. The molecule has 1 saturated carbocycles. The summed E-state index contributed by atoms with van der Waals surface area (Å²) < 4.78 is 3.30. The van der Waals surface area contributed by atoms with Crippen molar-refractivity contribution >= 4 is 11.9 Å². The molecule has 1 atom stereocenters. The van der Waals surface area contributed by atoms with E-state index in [0.29, 0.717) is 0 Å². The van der Waals surface area contributed by atoms with Gasteiger partial charge in [0.15, 0.2) is 0 Å². The molecule has 1 N–H and O–H groups in total. The minimum atomic E-state index is 0.950. The molecule has 122 valence electrons. The Hall–Kier alpha value is -0.510. The number of nitrogens with one attached hydrogen (secondary N) is 1. The Labute approximate surface area is 140 Å². The highest BCUT2D eigenvalue weighted by Gasteiger charge is 2.34. The lowest BCUT2D eigenvalue weighted by molar-refractivity contribution is 0.139.